The molecule has 0 saturated carbocycles. The largest absolute Gasteiger partial charge is 0.481 e. The van der Waals surface area contributed by atoms with E-state index in [9.17, 15) is 4.79 Å². The van der Waals surface area contributed by atoms with Crippen molar-refractivity contribution >= 4 is 35.5 Å². The number of aliphatic carboxylic acids is 1. The smallest absolute Gasteiger partial charge is 0.303 e. The van der Waals surface area contributed by atoms with Crippen LogP contribution < -0.4 is 0 Å². The van der Waals surface area contributed by atoms with E-state index in [1.807, 2.05) is 6.92 Å². The molecule has 1 N–H and O–H groups in total. The quantitative estimate of drug-likeness (QED) is 0.577. The first-order valence-corrected chi connectivity index (χ1v) is 2.49. The van der Waals surface area contributed by atoms with E-state index in [4.69, 9.17) is 5.11 Å². The van der Waals surface area contributed by atoms with Crippen molar-refractivity contribution in [3.8, 4) is 0 Å². The summed E-state index contributed by atoms with van der Waals surface area (Å²) in [5.41, 5.74) is 0. The van der Waals surface area contributed by atoms with Crippen molar-refractivity contribution in [1.29, 1.82) is 0 Å². The van der Waals surface area contributed by atoms with Crippen LogP contribution >= 0.6 is 0 Å². The first-order chi connectivity index (χ1) is 3.27. The third-order valence-electron chi connectivity index (χ3n) is 0.744. The Balaban J connectivity index is -0.000000180. The Labute approximate surface area is 73.1 Å². The molecule has 0 aromatic carbocycles. The molecule has 0 aliphatic heterocycles. The summed E-state index contributed by atoms with van der Waals surface area (Å²) in [6.45, 7) is 1.98. The van der Waals surface area contributed by atoms with Crippen LogP contribution in [0.5, 0.6) is 0 Å². The molecule has 0 aliphatic carbocycles. The summed E-state index contributed by atoms with van der Waals surface area (Å²) in [5.74, 6) is -0.693. The molecule has 45 valence electrons. The Bertz CT molecular complexity index is 68.0. The van der Waals surface area contributed by atoms with E-state index in [0.29, 0.717) is 6.42 Å². The second-order valence-electron chi connectivity index (χ2n) is 1.50. The number of carboxylic acid groups (broad SMARTS) is 1. The first kappa shape index (κ1) is 11.3. The molecule has 0 spiro atoms. The summed E-state index contributed by atoms with van der Waals surface area (Å²) < 4.78 is 0. The van der Waals surface area contributed by atoms with Gasteiger partial charge in [-0.3, -0.25) is 4.79 Å². The molecular weight excluding hydrogens is 115 g/mol. The number of carbonyl (C=O) groups is 1. The Morgan fingerprint density at radius 3 is 2.38 bits per heavy atom. The Kier molecular flexibility index (Phi) is 10.5. The zero-order chi connectivity index (χ0) is 5.70. The normalized spacial score (nSPS) is 7.62. The molecule has 0 saturated heterocycles. The van der Waals surface area contributed by atoms with Gasteiger partial charge in [-0.25, -0.2) is 0 Å². The van der Waals surface area contributed by atoms with Crippen molar-refractivity contribution in [2.45, 2.75) is 26.2 Å². The minimum atomic E-state index is -0.693. The minimum Gasteiger partial charge on any atom is -0.481 e. The summed E-state index contributed by atoms with van der Waals surface area (Å²) in [7, 11) is 0. The van der Waals surface area contributed by atoms with Gasteiger partial charge in [0.15, 0.2) is 0 Å². The van der Waals surface area contributed by atoms with Crippen LogP contribution in [0.3, 0.4) is 0 Å². The van der Waals surface area contributed by atoms with Crippen molar-refractivity contribution in [2.24, 2.45) is 0 Å². The zero-order valence-electron chi connectivity index (χ0n) is 5.48. The van der Waals surface area contributed by atoms with Crippen LogP contribution in [-0.2, 0) is 4.79 Å². The van der Waals surface area contributed by atoms with Gasteiger partial charge < -0.3 is 5.11 Å². The molecule has 0 amide bonds. The van der Waals surface area contributed by atoms with E-state index in [-0.39, 0.29) is 31.0 Å². The van der Waals surface area contributed by atoms with Crippen LogP contribution in [0, 0.1) is 0 Å². The molecule has 0 aliphatic rings. The van der Waals surface area contributed by atoms with Gasteiger partial charge in [-0.1, -0.05) is 13.3 Å². The third-order valence-corrected chi connectivity index (χ3v) is 0.744. The van der Waals surface area contributed by atoms with E-state index in [2.05, 4.69) is 0 Å². The van der Waals surface area contributed by atoms with Crippen LogP contribution in [0.1, 0.15) is 27.6 Å². The second kappa shape index (κ2) is 7.47. The molecule has 0 rings (SSSR count). The summed E-state index contributed by atoms with van der Waals surface area (Å²) in [4.78, 5) is 9.76. The Morgan fingerprint density at radius 2 is 2.25 bits per heavy atom. The number of hydrogen-bond donors (Lipinski definition) is 1. The molecule has 0 aromatic heterocycles. The van der Waals surface area contributed by atoms with E-state index >= 15 is 0 Å². The molecule has 0 aromatic rings. The number of hydrogen-bond acceptors (Lipinski definition) is 1. The summed E-state index contributed by atoms with van der Waals surface area (Å²) in [6.07, 6.45) is 2.08. The molecule has 0 atom stereocenters. The summed E-state index contributed by atoms with van der Waals surface area (Å²) >= 11 is 0. The predicted molar refractivity (Wildman–Crippen MR) is 35.0 cm³/mol. The summed E-state index contributed by atoms with van der Waals surface area (Å²) in [5, 5.41) is 8.04. The van der Waals surface area contributed by atoms with E-state index < -0.39 is 5.97 Å². The van der Waals surface area contributed by atoms with Crippen LogP contribution in [0.15, 0.2) is 0 Å². The maximum Gasteiger partial charge on any atom is 0.303 e. The van der Waals surface area contributed by atoms with E-state index in [1.165, 1.54) is 0 Å². The van der Waals surface area contributed by atoms with Gasteiger partial charge in [0.25, 0.3) is 0 Å². The van der Waals surface area contributed by atoms with E-state index in [1.54, 1.807) is 0 Å². The number of unbranched alkanes of at least 4 members (excludes halogenated alkanes) is 1. The average molecular weight is 127 g/mol. The van der Waals surface area contributed by atoms with Gasteiger partial charge >= 0.3 is 5.97 Å². The maximum absolute atomic E-state index is 9.76. The van der Waals surface area contributed by atoms with Gasteiger partial charge in [-0.2, -0.15) is 0 Å². The molecule has 1 radical (unpaired) electrons. The average Bonchev–Trinajstić information content (AvgIpc) is 1.61. The second-order valence-corrected chi connectivity index (χ2v) is 1.50. The van der Waals surface area contributed by atoms with Crippen molar-refractivity contribution < 1.29 is 11.3 Å². The van der Waals surface area contributed by atoms with Crippen LogP contribution in [0.25, 0.3) is 0 Å². The monoisotopic (exact) mass is 127 g/mol. The minimum absolute atomic E-state index is 0. The van der Waals surface area contributed by atoms with Crippen LogP contribution in [0.2, 0.25) is 0 Å². The maximum atomic E-state index is 9.76. The Morgan fingerprint density at radius 1 is 1.75 bits per heavy atom. The van der Waals surface area contributed by atoms with Crippen molar-refractivity contribution in [2.75, 3.05) is 0 Å². The Hall–Kier alpha value is 0.470. The van der Waals surface area contributed by atoms with Gasteiger partial charge in [0.05, 0.1) is 0 Å². The van der Waals surface area contributed by atoms with Crippen molar-refractivity contribution in [3.05, 3.63) is 0 Å². The van der Waals surface area contributed by atoms with Gasteiger partial charge in [-0.15, -0.1) is 0 Å². The SMILES string of the molecule is CCCCC(=O)O.[HH].[Na]. The number of carboxylic acids is 1. The predicted octanol–water partition coefficient (Wildman–Crippen LogP) is 1.13. The standard InChI is InChI=1S/C5H10O2.Na.H2/c1-2-3-4-5(6)7;;/h2-4H2,1H3,(H,6,7);;1H. The molecule has 3 heteroatoms. The fourth-order valence-electron chi connectivity index (χ4n) is 0.328. The summed E-state index contributed by atoms with van der Waals surface area (Å²) in [6, 6.07) is 0. The third kappa shape index (κ3) is 9.69. The van der Waals surface area contributed by atoms with Crippen LogP contribution in [0.4, 0.5) is 0 Å². The fourth-order valence-corrected chi connectivity index (χ4v) is 0.328. The van der Waals surface area contributed by atoms with Crippen LogP contribution in [-0.4, -0.2) is 40.6 Å². The molecular formula is C5H12NaO2. The van der Waals surface area contributed by atoms with Crippen molar-refractivity contribution in [3.63, 3.8) is 0 Å². The van der Waals surface area contributed by atoms with Gasteiger partial charge in [0.1, 0.15) is 0 Å². The van der Waals surface area contributed by atoms with Gasteiger partial charge in [-0.05, 0) is 6.42 Å². The molecule has 2 nitrogen and oxygen atoms in total. The van der Waals surface area contributed by atoms with Crippen molar-refractivity contribution in [1.82, 2.24) is 0 Å². The zero-order valence-corrected chi connectivity index (χ0v) is 7.48. The first-order valence-electron chi connectivity index (χ1n) is 2.49. The van der Waals surface area contributed by atoms with E-state index in [0.717, 1.165) is 12.8 Å². The number of rotatable bonds is 3. The fraction of sp³-hybridized carbons (Fsp3) is 0.800. The molecule has 0 fully saturated rings. The molecule has 0 unspecified atom stereocenters. The topological polar surface area (TPSA) is 37.3 Å². The molecule has 0 heterocycles. The molecule has 0 bridgehead atoms. The van der Waals surface area contributed by atoms with Gasteiger partial charge in [0.2, 0.25) is 0 Å². The molecule has 8 heavy (non-hydrogen) atoms. The van der Waals surface area contributed by atoms with Gasteiger partial charge in [0, 0.05) is 37.4 Å².